The minimum atomic E-state index is 0.623. The summed E-state index contributed by atoms with van der Waals surface area (Å²) in [6.07, 6.45) is 0. The third-order valence-corrected chi connectivity index (χ3v) is 13.4. The first-order valence-electron chi connectivity index (χ1n) is 20.8. The van der Waals surface area contributed by atoms with Gasteiger partial charge in [-0.2, -0.15) is 0 Å². The predicted molar refractivity (Wildman–Crippen MR) is 260 cm³/mol. The molecule has 10 aromatic carbocycles. The lowest BCUT2D eigenvalue weighted by Gasteiger charge is -2.14. The zero-order valence-corrected chi connectivity index (χ0v) is 34.0. The molecule has 13 aromatic rings. The van der Waals surface area contributed by atoms with Gasteiger partial charge in [-0.1, -0.05) is 146 Å². The maximum absolute atomic E-state index is 6.81. The minimum absolute atomic E-state index is 0.623. The normalized spacial score (nSPS) is 11.9. The van der Waals surface area contributed by atoms with Gasteiger partial charge in [-0.15, -0.1) is 11.3 Å². The molecule has 62 heavy (non-hydrogen) atoms. The molecule has 0 unspecified atom stereocenters. The van der Waals surface area contributed by atoms with Crippen molar-refractivity contribution in [2.75, 3.05) is 0 Å². The van der Waals surface area contributed by atoms with Crippen LogP contribution in [-0.4, -0.2) is 15.0 Å². The van der Waals surface area contributed by atoms with E-state index in [4.69, 9.17) is 19.4 Å². The Bertz CT molecular complexity index is 3920. The van der Waals surface area contributed by atoms with Crippen LogP contribution in [0.15, 0.2) is 205 Å². The fraction of sp³-hybridized carbons (Fsp3) is 0. The van der Waals surface area contributed by atoms with Gasteiger partial charge in [0.05, 0.1) is 0 Å². The summed E-state index contributed by atoms with van der Waals surface area (Å²) in [7, 11) is 0. The molecule has 0 N–H and O–H groups in total. The molecule has 0 spiro atoms. The minimum Gasteiger partial charge on any atom is -0.456 e. The lowest BCUT2D eigenvalue weighted by molar-refractivity contribution is 0.669. The molecule has 0 amide bonds. The second-order valence-electron chi connectivity index (χ2n) is 15.9. The van der Waals surface area contributed by atoms with Crippen molar-refractivity contribution in [1.82, 2.24) is 15.0 Å². The number of benzene rings is 10. The van der Waals surface area contributed by atoms with Crippen molar-refractivity contribution in [3.63, 3.8) is 0 Å². The molecule has 4 nitrogen and oxygen atoms in total. The highest BCUT2D eigenvalue weighted by atomic mass is 32.1. The van der Waals surface area contributed by atoms with Crippen LogP contribution in [0.1, 0.15) is 0 Å². The lowest BCUT2D eigenvalue weighted by atomic mass is 9.90. The van der Waals surface area contributed by atoms with E-state index in [-0.39, 0.29) is 0 Å². The maximum Gasteiger partial charge on any atom is 0.164 e. The van der Waals surface area contributed by atoms with Gasteiger partial charge in [0, 0.05) is 47.6 Å². The van der Waals surface area contributed by atoms with Crippen LogP contribution in [0.25, 0.3) is 131 Å². The lowest BCUT2D eigenvalue weighted by Crippen LogP contribution is -2.00. The van der Waals surface area contributed by atoms with E-state index < -0.39 is 0 Å². The number of hydrogen-bond donors (Lipinski definition) is 0. The van der Waals surface area contributed by atoms with Gasteiger partial charge in [0.25, 0.3) is 0 Å². The highest BCUT2D eigenvalue weighted by Gasteiger charge is 2.19. The molecule has 288 valence electrons. The van der Waals surface area contributed by atoms with E-state index in [2.05, 4.69) is 182 Å². The quantitative estimate of drug-likeness (QED) is 0.163. The Labute approximate surface area is 360 Å². The Balaban J connectivity index is 0.997. The molecule has 0 aliphatic carbocycles. The van der Waals surface area contributed by atoms with Crippen molar-refractivity contribution in [2.45, 2.75) is 0 Å². The summed E-state index contributed by atoms with van der Waals surface area (Å²) >= 11 is 1.81. The first kappa shape index (κ1) is 34.8. The Kier molecular flexibility index (Phi) is 7.74. The van der Waals surface area contributed by atoms with Gasteiger partial charge in [0.15, 0.2) is 17.5 Å². The second-order valence-corrected chi connectivity index (χ2v) is 17.0. The number of nitrogens with zero attached hydrogens (tertiary/aromatic N) is 3. The Morgan fingerprint density at radius 1 is 0.306 bits per heavy atom. The van der Waals surface area contributed by atoms with Gasteiger partial charge in [0.1, 0.15) is 11.2 Å². The zero-order chi connectivity index (χ0) is 40.7. The molecule has 0 aliphatic heterocycles. The molecule has 0 fully saturated rings. The molecule has 0 radical (unpaired) electrons. The van der Waals surface area contributed by atoms with E-state index in [0.717, 1.165) is 60.7 Å². The molecule has 0 aliphatic rings. The average molecular weight is 808 g/mol. The molecule has 0 bridgehead atoms. The summed E-state index contributed by atoms with van der Waals surface area (Å²) < 4.78 is 9.32. The van der Waals surface area contributed by atoms with Crippen molar-refractivity contribution < 1.29 is 4.42 Å². The van der Waals surface area contributed by atoms with E-state index in [1.165, 1.54) is 52.7 Å². The third kappa shape index (κ3) is 5.63. The van der Waals surface area contributed by atoms with Gasteiger partial charge < -0.3 is 4.42 Å². The number of fused-ring (bicyclic) bond motifs is 10. The van der Waals surface area contributed by atoms with Crippen LogP contribution in [0.3, 0.4) is 0 Å². The third-order valence-electron chi connectivity index (χ3n) is 12.3. The smallest absolute Gasteiger partial charge is 0.164 e. The fourth-order valence-electron chi connectivity index (χ4n) is 9.28. The number of thiophene rings is 1. The summed E-state index contributed by atoms with van der Waals surface area (Å²) in [4.78, 5) is 15.3. The first-order chi connectivity index (χ1) is 30.7. The van der Waals surface area contributed by atoms with Crippen LogP contribution in [0.2, 0.25) is 0 Å². The molecule has 13 rings (SSSR count). The van der Waals surface area contributed by atoms with Gasteiger partial charge in [-0.05, 0) is 109 Å². The standard InChI is InChI=1S/C57H33N3OS/c1-2-12-35(13-3-1)55-58-56(60-57(59-55)40-26-27-53-48(30-40)45-20-10-11-21-52(45)62-53)36-24-22-34(23-25-36)47-31-41(46-29-39-16-6-7-17-42(39)43-18-8-9-19-44(43)46)33-51-54(47)49-28-37-14-4-5-15-38(37)32-50(49)61-51/h1-33H. The van der Waals surface area contributed by atoms with Crippen molar-refractivity contribution in [3.8, 4) is 56.4 Å². The van der Waals surface area contributed by atoms with Crippen molar-refractivity contribution in [3.05, 3.63) is 200 Å². The van der Waals surface area contributed by atoms with E-state index in [0.29, 0.717) is 17.5 Å². The van der Waals surface area contributed by atoms with Gasteiger partial charge in [-0.3, -0.25) is 0 Å². The van der Waals surface area contributed by atoms with Crippen molar-refractivity contribution in [1.29, 1.82) is 0 Å². The summed E-state index contributed by atoms with van der Waals surface area (Å²) in [6.45, 7) is 0. The van der Waals surface area contributed by atoms with Crippen molar-refractivity contribution in [2.24, 2.45) is 0 Å². The summed E-state index contributed by atoms with van der Waals surface area (Å²) in [5.74, 6) is 1.90. The molecular weight excluding hydrogens is 775 g/mol. The number of furan rings is 1. The van der Waals surface area contributed by atoms with Crippen LogP contribution in [0.5, 0.6) is 0 Å². The molecule has 3 heterocycles. The summed E-state index contributed by atoms with van der Waals surface area (Å²) in [5, 5.41) is 11.9. The molecular formula is C57H33N3OS. The van der Waals surface area contributed by atoms with E-state index >= 15 is 0 Å². The highest BCUT2D eigenvalue weighted by Crippen LogP contribution is 2.44. The van der Waals surface area contributed by atoms with Gasteiger partial charge in [-0.25, -0.2) is 15.0 Å². The van der Waals surface area contributed by atoms with E-state index in [1.807, 2.05) is 29.5 Å². The maximum atomic E-state index is 6.81. The van der Waals surface area contributed by atoms with Crippen LogP contribution < -0.4 is 0 Å². The number of aromatic nitrogens is 3. The molecule has 0 saturated carbocycles. The topological polar surface area (TPSA) is 51.8 Å². The predicted octanol–water partition coefficient (Wildman–Crippen LogP) is 15.9. The molecule has 0 atom stereocenters. The van der Waals surface area contributed by atoms with Gasteiger partial charge >= 0.3 is 0 Å². The monoisotopic (exact) mass is 807 g/mol. The Hall–Kier alpha value is -7.99. The van der Waals surface area contributed by atoms with Gasteiger partial charge in [0.2, 0.25) is 0 Å². The van der Waals surface area contributed by atoms with Crippen LogP contribution >= 0.6 is 11.3 Å². The summed E-state index contributed by atoms with van der Waals surface area (Å²) in [5.41, 5.74) is 8.99. The molecule has 0 saturated heterocycles. The van der Waals surface area contributed by atoms with Crippen LogP contribution in [-0.2, 0) is 0 Å². The Morgan fingerprint density at radius 2 is 0.887 bits per heavy atom. The largest absolute Gasteiger partial charge is 0.456 e. The zero-order valence-electron chi connectivity index (χ0n) is 33.2. The first-order valence-corrected chi connectivity index (χ1v) is 21.6. The van der Waals surface area contributed by atoms with Crippen LogP contribution in [0, 0.1) is 0 Å². The Morgan fingerprint density at radius 3 is 1.68 bits per heavy atom. The average Bonchev–Trinajstić information content (AvgIpc) is 3.90. The fourth-order valence-corrected chi connectivity index (χ4v) is 10.4. The highest BCUT2D eigenvalue weighted by molar-refractivity contribution is 7.25. The van der Waals surface area contributed by atoms with E-state index in [1.54, 1.807) is 0 Å². The van der Waals surface area contributed by atoms with Crippen LogP contribution in [0.4, 0.5) is 0 Å². The second kappa shape index (κ2) is 13.8. The number of hydrogen-bond acceptors (Lipinski definition) is 5. The SMILES string of the molecule is c1ccc(-c2nc(-c3ccc(-c4cc(-c5cc6ccccc6c6ccccc56)cc5oc6cc7ccccc7cc6c45)cc3)nc(-c3ccc4sc5ccccc5c4c3)n2)cc1. The summed E-state index contributed by atoms with van der Waals surface area (Å²) in [6, 6.07) is 71.1. The number of rotatable bonds is 5. The van der Waals surface area contributed by atoms with E-state index in [9.17, 15) is 0 Å². The van der Waals surface area contributed by atoms with Crippen molar-refractivity contribution >= 4 is 85.8 Å². The molecule has 3 aromatic heterocycles. The molecule has 5 heteroatoms.